The van der Waals surface area contributed by atoms with E-state index in [4.69, 9.17) is 21.4 Å². The van der Waals surface area contributed by atoms with E-state index < -0.39 is 0 Å². The second kappa shape index (κ2) is 7.99. The van der Waals surface area contributed by atoms with Crippen LogP contribution in [0.15, 0.2) is 42.5 Å². The van der Waals surface area contributed by atoms with Gasteiger partial charge >= 0.3 is 0 Å². The number of hydrogen-bond donors (Lipinski definition) is 2. The number of rotatable bonds is 6. The molecule has 0 fully saturated rings. The first kappa shape index (κ1) is 17.3. The number of halogens is 1. The van der Waals surface area contributed by atoms with Crippen LogP contribution in [-0.4, -0.2) is 24.7 Å². The Hall–Kier alpha value is -2.04. The summed E-state index contributed by atoms with van der Waals surface area (Å²) < 4.78 is 5.20. The maximum absolute atomic E-state index is 12.3. The van der Waals surface area contributed by atoms with Gasteiger partial charge in [-0.05, 0) is 35.2 Å². The van der Waals surface area contributed by atoms with Crippen molar-refractivity contribution in [3.8, 4) is 5.75 Å². The lowest BCUT2D eigenvalue weighted by Crippen LogP contribution is -2.27. The van der Waals surface area contributed by atoms with Crippen LogP contribution in [0.25, 0.3) is 0 Å². The monoisotopic (exact) mass is 333 g/mol. The Bertz CT molecular complexity index is 670. The van der Waals surface area contributed by atoms with E-state index in [0.29, 0.717) is 22.9 Å². The lowest BCUT2D eigenvalue weighted by atomic mass is 10.00. The van der Waals surface area contributed by atoms with Crippen LogP contribution < -0.4 is 10.1 Å². The second-order valence-electron chi connectivity index (χ2n) is 5.36. The lowest BCUT2D eigenvalue weighted by molar-refractivity contribution is 0.0948. The molecule has 0 aliphatic heterocycles. The molecule has 1 atom stereocenters. The first-order valence-corrected chi connectivity index (χ1v) is 7.74. The van der Waals surface area contributed by atoms with Gasteiger partial charge in [0.15, 0.2) is 0 Å². The minimum atomic E-state index is -0.219. The summed E-state index contributed by atoms with van der Waals surface area (Å²) in [5.74, 6) is 0.423. The van der Waals surface area contributed by atoms with Crippen molar-refractivity contribution in [2.45, 2.75) is 19.4 Å². The predicted octanol–water partition coefficient (Wildman–Crippen LogP) is 3.37. The average Bonchev–Trinajstić information content (AvgIpc) is 2.59. The van der Waals surface area contributed by atoms with Gasteiger partial charge in [0.05, 0.1) is 19.3 Å². The van der Waals surface area contributed by atoms with Crippen molar-refractivity contribution in [3.05, 3.63) is 64.2 Å². The smallest absolute Gasteiger partial charge is 0.255 e. The SMILES string of the molecule is COc1ccc(Cl)cc1C(=O)NCC(C)c1ccc(CO)cc1. The predicted molar refractivity (Wildman–Crippen MR) is 91.1 cm³/mol. The first-order chi connectivity index (χ1) is 11.0. The standard InChI is InChI=1S/C18H20ClNO3/c1-12(14-5-3-13(11-21)4-6-14)10-20-18(22)16-9-15(19)7-8-17(16)23-2/h3-9,12,21H,10-11H2,1-2H3,(H,20,22). The molecule has 23 heavy (non-hydrogen) atoms. The molecule has 0 radical (unpaired) electrons. The number of carbonyl (C=O) groups excluding carboxylic acids is 1. The fourth-order valence-electron chi connectivity index (χ4n) is 2.27. The number of nitrogens with one attached hydrogen (secondary N) is 1. The summed E-state index contributed by atoms with van der Waals surface area (Å²) in [6, 6.07) is 12.6. The molecule has 0 bridgehead atoms. The fraction of sp³-hybridized carbons (Fsp3) is 0.278. The van der Waals surface area contributed by atoms with E-state index in [2.05, 4.69) is 5.32 Å². The van der Waals surface area contributed by atoms with Crippen LogP contribution in [-0.2, 0) is 6.61 Å². The maximum Gasteiger partial charge on any atom is 0.255 e. The van der Waals surface area contributed by atoms with Crippen molar-refractivity contribution < 1.29 is 14.6 Å². The molecule has 2 aromatic rings. The number of hydrogen-bond acceptors (Lipinski definition) is 3. The molecular formula is C18H20ClNO3. The second-order valence-corrected chi connectivity index (χ2v) is 5.79. The van der Waals surface area contributed by atoms with Crippen LogP contribution in [0.2, 0.25) is 5.02 Å². The van der Waals surface area contributed by atoms with Gasteiger partial charge in [0, 0.05) is 11.6 Å². The molecule has 0 aliphatic rings. The fourth-order valence-corrected chi connectivity index (χ4v) is 2.44. The average molecular weight is 334 g/mol. The van der Waals surface area contributed by atoms with Gasteiger partial charge in [-0.3, -0.25) is 4.79 Å². The summed E-state index contributed by atoms with van der Waals surface area (Å²) in [5.41, 5.74) is 2.39. The van der Waals surface area contributed by atoms with E-state index in [1.54, 1.807) is 18.2 Å². The largest absolute Gasteiger partial charge is 0.496 e. The minimum absolute atomic E-state index is 0.0277. The number of ether oxygens (including phenoxy) is 1. The zero-order chi connectivity index (χ0) is 16.8. The van der Waals surface area contributed by atoms with Gasteiger partial charge in [-0.1, -0.05) is 42.8 Å². The molecule has 0 saturated heterocycles. The molecule has 0 saturated carbocycles. The number of aliphatic hydroxyl groups excluding tert-OH is 1. The molecule has 0 spiro atoms. The van der Waals surface area contributed by atoms with Gasteiger partial charge in [-0.15, -0.1) is 0 Å². The van der Waals surface area contributed by atoms with Gasteiger partial charge < -0.3 is 15.2 Å². The Morgan fingerprint density at radius 1 is 1.26 bits per heavy atom. The summed E-state index contributed by atoms with van der Waals surface area (Å²) >= 11 is 5.95. The Kier molecular flexibility index (Phi) is 6.02. The van der Waals surface area contributed by atoms with Crippen LogP contribution in [0.5, 0.6) is 5.75 Å². The van der Waals surface area contributed by atoms with E-state index in [1.165, 1.54) is 7.11 Å². The summed E-state index contributed by atoms with van der Waals surface area (Å²) in [4.78, 5) is 12.3. The molecule has 0 aromatic heterocycles. The van der Waals surface area contributed by atoms with E-state index in [9.17, 15) is 4.79 Å². The molecule has 0 heterocycles. The highest BCUT2D eigenvalue weighted by Gasteiger charge is 2.14. The number of amides is 1. The topological polar surface area (TPSA) is 58.6 Å². The number of aliphatic hydroxyl groups is 1. The van der Waals surface area contributed by atoms with Crippen molar-refractivity contribution in [1.29, 1.82) is 0 Å². The van der Waals surface area contributed by atoms with E-state index in [1.807, 2.05) is 31.2 Å². The zero-order valence-electron chi connectivity index (χ0n) is 13.2. The number of benzene rings is 2. The highest BCUT2D eigenvalue weighted by Crippen LogP contribution is 2.23. The van der Waals surface area contributed by atoms with Crippen molar-refractivity contribution in [2.75, 3.05) is 13.7 Å². The number of carbonyl (C=O) groups is 1. The van der Waals surface area contributed by atoms with Crippen LogP contribution in [0.3, 0.4) is 0 Å². The highest BCUT2D eigenvalue weighted by atomic mass is 35.5. The van der Waals surface area contributed by atoms with Crippen molar-refractivity contribution in [1.82, 2.24) is 5.32 Å². The first-order valence-electron chi connectivity index (χ1n) is 7.36. The molecule has 2 aromatic carbocycles. The molecule has 2 N–H and O–H groups in total. The Labute approximate surface area is 141 Å². The maximum atomic E-state index is 12.3. The van der Waals surface area contributed by atoms with E-state index >= 15 is 0 Å². The Morgan fingerprint density at radius 2 is 1.96 bits per heavy atom. The van der Waals surface area contributed by atoms with Crippen LogP contribution in [0, 0.1) is 0 Å². The molecule has 5 heteroatoms. The number of methoxy groups -OCH3 is 1. The van der Waals surface area contributed by atoms with Gasteiger partial charge in [0.25, 0.3) is 5.91 Å². The summed E-state index contributed by atoms with van der Waals surface area (Å²) in [6.45, 7) is 2.55. The van der Waals surface area contributed by atoms with Gasteiger partial charge in [0.2, 0.25) is 0 Å². The summed E-state index contributed by atoms with van der Waals surface area (Å²) in [6.07, 6.45) is 0. The van der Waals surface area contributed by atoms with Gasteiger partial charge in [-0.25, -0.2) is 0 Å². The quantitative estimate of drug-likeness (QED) is 0.852. The van der Waals surface area contributed by atoms with E-state index in [0.717, 1.165) is 11.1 Å². The van der Waals surface area contributed by atoms with Crippen molar-refractivity contribution >= 4 is 17.5 Å². The third kappa shape index (κ3) is 4.47. The molecule has 1 amide bonds. The van der Waals surface area contributed by atoms with Crippen LogP contribution in [0.4, 0.5) is 0 Å². The lowest BCUT2D eigenvalue weighted by Gasteiger charge is -2.15. The third-order valence-corrected chi connectivity index (χ3v) is 3.94. The van der Waals surface area contributed by atoms with Gasteiger partial charge in [-0.2, -0.15) is 0 Å². The van der Waals surface area contributed by atoms with Crippen LogP contribution in [0.1, 0.15) is 34.3 Å². The summed E-state index contributed by atoms with van der Waals surface area (Å²) in [5, 5.41) is 12.5. The van der Waals surface area contributed by atoms with Crippen LogP contribution >= 0.6 is 11.6 Å². The molecule has 1 unspecified atom stereocenters. The normalized spacial score (nSPS) is 11.8. The molecule has 2 rings (SSSR count). The summed E-state index contributed by atoms with van der Waals surface area (Å²) in [7, 11) is 1.52. The molecular weight excluding hydrogens is 314 g/mol. The minimum Gasteiger partial charge on any atom is -0.496 e. The highest BCUT2D eigenvalue weighted by molar-refractivity contribution is 6.31. The molecule has 122 valence electrons. The zero-order valence-corrected chi connectivity index (χ0v) is 13.9. The third-order valence-electron chi connectivity index (χ3n) is 3.71. The van der Waals surface area contributed by atoms with Crippen molar-refractivity contribution in [3.63, 3.8) is 0 Å². The Balaban J connectivity index is 2.02. The molecule has 4 nitrogen and oxygen atoms in total. The molecule has 0 aliphatic carbocycles. The van der Waals surface area contributed by atoms with E-state index in [-0.39, 0.29) is 18.4 Å². The Morgan fingerprint density at radius 3 is 2.57 bits per heavy atom. The van der Waals surface area contributed by atoms with Crippen molar-refractivity contribution in [2.24, 2.45) is 0 Å². The van der Waals surface area contributed by atoms with Gasteiger partial charge in [0.1, 0.15) is 5.75 Å².